The largest absolute Gasteiger partial charge is 0.478 e. The van der Waals surface area contributed by atoms with Crippen LogP contribution in [0, 0.1) is 17.7 Å². The molecule has 0 aliphatic heterocycles. The molecule has 2 aromatic carbocycles. The minimum atomic E-state index is -0.425. The van der Waals surface area contributed by atoms with Gasteiger partial charge in [0.05, 0.1) is 12.1 Å². The molecule has 0 spiro atoms. The number of ether oxygens (including phenoxy) is 1. The number of nitrogens with one attached hydrogen (secondary N) is 1. The highest BCUT2D eigenvalue weighted by Crippen LogP contribution is 2.15. The van der Waals surface area contributed by atoms with Crippen LogP contribution in [0.3, 0.4) is 0 Å². The van der Waals surface area contributed by atoms with Crippen molar-refractivity contribution in [2.75, 3.05) is 13.2 Å². The number of hydrogen-bond acceptors (Lipinski definition) is 2. The summed E-state index contributed by atoms with van der Waals surface area (Å²) in [5.74, 6) is 4.99. The normalized spacial score (nSPS) is 9.55. The van der Waals surface area contributed by atoms with E-state index in [9.17, 15) is 9.18 Å². The molecule has 0 bridgehead atoms. The van der Waals surface area contributed by atoms with Crippen LogP contribution in [0.15, 0.2) is 53.0 Å². The first kappa shape index (κ1) is 16.1. The van der Waals surface area contributed by atoms with Crippen molar-refractivity contribution in [3.05, 3.63) is 64.4 Å². The van der Waals surface area contributed by atoms with Crippen LogP contribution >= 0.6 is 15.9 Å². The Morgan fingerprint density at radius 1 is 1.14 bits per heavy atom. The molecular formula is C17H13BrFNO2. The maximum Gasteiger partial charge on any atom is 0.253 e. The van der Waals surface area contributed by atoms with Crippen LogP contribution in [0.25, 0.3) is 0 Å². The molecule has 112 valence electrons. The average Bonchev–Trinajstić information content (AvgIpc) is 2.52. The zero-order valence-corrected chi connectivity index (χ0v) is 13.2. The van der Waals surface area contributed by atoms with Gasteiger partial charge < -0.3 is 10.1 Å². The van der Waals surface area contributed by atoms with Gasteiger partial charge in [-0.15, -0.1) is 0 Å². The van der Waals surface area contributed by atoms with Crippen LogP contribution in [-0.4, -0.2) is 19.1 Å². The summed E-state index contributed by atoms with van der Waals surface area (Å²) in [6.45, 7) is 0.257. The van der Waals surface area contributed by atoms with Crippen LogP contribution < -0.4 is 10.1 Å². The van der Waals surface area contributed by atoms with E-state index in [-0.39, 0.29) is 24.8 Å². The van der Waals surface area contributed by atoms with Gasteiger partial charge in [-0.05, 0) is 40.2 Å². The predicted octanol–water partition coefficient (Wildman–Crippen LogP) is 3.40. The Morgan fingerprint density at radius 3 is 2.64 bits per heavy atom. The molecule has 0 saturated carbocycles. The Labute approximate surface area is 136 Å². The number of carbonyl (C=O) groups excluding carboxylic acids is 1. The molecule has 0 saturated heterocycles. The fourth-order valence-corrected chi connectivity index (χ4v) is 2.12. The Kier molecular flexibility index (Phi) is 5.99. The third-order valence-corrected chi connectivity index (χ3v) is 3.41. The lowest BCUT2D eigenvalue weighted by atomic mass is 10.2. The average molecular weight is 362 g/mol. The second-order valence-electron chi connectivity index (χ2n) is 4.24. The van der Waals surface area contributed by atoms with Crippen molar-refractivity contribution in [1.29, 1.82) is 0 Å². The maximum atomic E-state index is 13.3. The number of amides is 1. The first-order valence-electron chi connectivity index (χ1n) is 6.54. The standard InChI is InChI=1S/C17H13BrFNO2/c18-14-8-2-1-7-13(14)17(21)20-11-5-6-12-22-16-10-4-3-9-15(16)19/h1-4,7-10H,11-12H2,(H,20,21). The van der Waals surface area contributed by atoms with Gasteiger partial charge in [0, 0.05) is 4.47 Å². The van der Waals surface area contributed by atoms with Gasteiger partial charge >= 0.3 is 0 Å². The number of para-hydroxylation sites is 1. The Balaban J connectivity index is 1.77. The topological polar surface area (TPSA) is 38.3 Å². The molecule has 2 aromatic rings. The highest BCUT2D eigenvalue weighted by atomic mass is 79.9. The van der Waals surface area contributed by atoms with Crippen molar-refractivity contribution in [3.63, 3.8) is 0 Å². The minimum absolute atomic E-state index is 0.0613. The molecule has 0 radical (unpaired) electrons. The quantitative estimate of drug-likeness (QED) is 0.847. The summed E-state index contributed by atoms with van der Waals surface area (Å²) < 4.78 is 19.2. The summed E-state index contributed by atoms with van der Waals surface area (Å²) in [6.07, 6.45) is 0. The van der Waals surface area contributed by atoms with Crippen molar-refractivity contribution in [2.24, 2.45) is 0 Å². The van der Waals surface area contributed by atoms with E-state index in [1.54, 1.807) is 30.3 Å². The van der Waals surface area contributed by atoms with E-state index in [1.165, 1.54) is 12.1 Å². The molecule has 2 rings (SSSR count). The van der Waals surface area contributed by atoms with Crippen molar-refractivity contribution < 1.29 is 13.9 Å². The third-order valence-electron chi connectivity index (χ3n) is 2.72. The summed E-state index contributed by atoms with van der Waals surface area (Å²) in [6, 6.07) is 13.3. The van der Waals surface area contributed by atoms with Gasteiger partial charge in [0.25, 0.3) is 5.91 Å². The summed E-state index contributed by atoms with van der Waals surface area (Å²) in [4.78, 5) is 11.9. The minimum Gasteiger partial charge on any atom is -0.478 e. The van der Waals surface area contributed by atoms with Gasteiger partial charge in [0.2, 0.25) is 0 Å². The van der Waals surface area contributed by atoms with Crippen LogP contribution in [0.5, 0.6) is 5.75 Å². The van der Waals surface area contributed by atoms with E-state index in [2.05, 4.69) is 33.1 Å². The zero-order chi connectivity index (χ0) is 15.8. The van der Waals surface area contributed by atoms with E-state index in [1.807, 2.05) is 6.07 Å². The van der Waals surface area contributed by atoms with Crippen LogP contribution in [0.4, 0.5) is 4.39 Å². The number of rotatable bonds is 4. The van der Waals surface area contributed by atoms with E-state index < -0.39 is 5.82 Å². The molecule has 22 heavy (non-hydrogen) atoms. The summed E-state index contributed by atoms with van der Waals surface area (Å²) in [7, 11) is 0. The SMILES string of the molecule is O=C(NCC#CCOc1ccccc1F)c1ccccc1Br. The molecule has 3 nitrogen and oxygen atoms in total. The van der Waals surface area contributed by atoms with Gasteiger partial charge in [-0.1, -0.05) is 36.1 Å². The number of benzene rings is 2. The van der Waals surface area contributed by atoms with Crippen LogP contribution in [-0.2, 0) is 0 Å². The van der Waals surface area contributed by atoms with Crippen LogP contribution in [0.1, 0.15) is 10.4 Å². The summed E-state index contributed by atoms with van der Waals surface area (Å²) >= 11 is 3.31. The van der Waals surface area contributed by atoms with Gasteiger partial charge in [0.1, 0.15) is 6.61 Å². The third kappa shape index (κ3) is 4.61. The Morgan fingerprint density at radius 2 is 1.86 bits per heavy atom. The van der Waals surface area contributed by atoms with E-state index in [4.69, 9.17) is 4.74 Å². The highest BCUT2D eigenvalue weighted by molar-refractivity contribution is 9.10. The molecule has 0 aliphatic rings. The van der Waals surface area contributed by atoms with Gasteiger partial charge in [-0.2, -0.15) is 0 Å². The predicted molar refractivity (Wildman–Crippen MR) is 86.1 cm³/mol. The molecule has 0 fully saturated rings. The second kappa shape index (κ2) is 8.20. The molecule has 1 amide bonds. The molecular weight excluding hydrogens is 349 g/mol. The number of carbonyl (C=O) groups is 1. The molecule has 5 heteroatoms. The highest BCUT2D eigenvalue weighted by Gasteiger charge is 2.07. The number of halogens is 2. The smallest absolute Gasteiger partial charge is 0.253 e. The molecule has 0 aliphatic carbocycles. The first-order chi connectivity index (χ1) is 10.7. The summed E-state index contributed by atoms with van der Waals surface area (Å²) in [5, 5.41) is 2.68. The molecule has 0 heterocycles. The summed E-state index contributed by atoms with van der Waals surface area (Å²) in [5.41, 5.74) is 0.548. The van der Waals surface area contributed by atoms with Crippen molar-refractivity contribution >= 4 is 21.8 Å². The van der Waals surface area contributed by atoms with E-state index >= 15 is 0 Å². The first-order valence-corrected chi connectivity index (χ1v) is 7.33. The van der Waals surface area contributed by atoms with E-state index in [0.717, 1.165) is 4.47 Å². The van der Waals surface area contributed by atoms with Gasteiger partial charge in [-0.3, -0.25) is 4.79 Å². The Bertz CT molecular complexity index is 722. The fourth-order valence-electron chi connectivity index (χ4n) is 1.65. The molecule has 0 aromatic heterocycles. The molecule has 0 unspecified atom stereocenters. The lowest BCUT2D eigenvalue weighted by Gasteiger charge is -2.03. The second-order valence-corrected chi connectivity index (χ2v) is 5.09. The van der Waals surface area contributed by atoms with Crippen molar-refractivity contribution in [1.82, 2.24) is 5.32 Å². The number of hydrogen-bond donors (Lipinski definition) is 1. The fraction of sp³-hybridized carbons (Fsp3) is 0.118. The Hall–Kier alpha value is -2.32. The lowest BCUT2D eigenvalue weighted by molar-refractivity contribution is 0.0958. The van der Waals surface area contributed by atoms with Gasteiger partial charge in [0.15, 0.2) is 11.6 Å². The van der Waals surface area contributed by atoms with Crippen LogP contribution in [0.2, 0.25) is 0 Å². The zero-order valence-electron chi connectivity index (χ0n) is 11.6. The lowest BCUT2D eigenvalue weighted by Crippen LogP contribution is -2.23. The van der Waals surface area contributed by atoms with Crippen molar-refractivity contribution in [2.45, 2.75) is 0 Å². The molecule has 0 atom stereocenters. The monoisotopic (exact) mass is 361 g/mol. The van der Waals surface area contributed by atoms with E-state index in [0.29, 0.717) is 5.56 Å². The maximum absolute atomic E-state index is 13.3. The van der Waals surface area contributed by atoms with Gasteiger partial charge in [-0.25, -0.2) is 4.39 Å². The molecule has 1 N–H and O–H groups in total. The van der Waals surface area contributed by atoms with Crippen molar-refractivity contribution in [3.8, 4) is 17.6 Å².